The Morgan fingerprint density at radius 3 is 1.92 bits per heavy atom. The zero-order valence-electron chi connectivity index (χ0n) is 6.08. The van der Waals surface area contributed by atoms with Gasteiger partial charge in [0.25, 0.3) is 6.43 Å². The van der Waals surface area contributed by atoms with Gasteiger partial charge in [0.2, 0.25) is 5.82 Å². The summed E-state index contributed by atoms with van der Waals surface area (Å²) in [5.41, 5.74) is -0.541. The first-order valence-corrected chi connectivity index (χ1v) is 2.92. The molecule has 1 heterocycles. The van der Waals surface area contributed by atoms with Gasteiger partial charge in [0.15, 0.2) is 0 Å². The predicted octanol–water partition coefficient (Wildman–Crippen LogP) is 1.33. The smallest absolute Gasteiger partial charge is 0.277 e. The minimum atomic E-state index is -2.70. The highest BCUT2D eigenvalue weighted by molar-refractivity contribution is 4.86. The van der Waals surface area contributed by atoms with Gasteiger partial charge in [-0.2, -0.15) is 0 Å². The zero-order chi connectivity index (χ0) is 8.59. The molecule has 0 unspecified atom stereocenters. The SMILES string of the molecule is C.C.Cn1nc(C(F)F)n(C)c1=O. The molecule has 0 radical (unpaired) electrons. The molecule has 1 aromatic heterocycles. The standard InChI is InChI=1S/C5H7F2N3O.2CH4/c1-9-4(3(6)7)8-10(2)5(9)11;;/h3H,1-2H3;2*1H4. The van der Waals surface area contributed by atoms with Gasteiger partial charge < -0.3 is 0 Å². The van der Waals surface area contributed by atoms with Crippen LogP contribution in [0, 0.1) is 0 Å². The van der Waals surface area contributed by atoms with Gasteiger partial charge in [-0.1, -0.05) is 14.9 Å². The van der Waals surface area contributed by atoms with Crippen molar-refractivity contribution in [3.8, 4) is 0 Å². The minimum Gasteiger partial charge on any atom is -0.277 e. The van der Waals surface area contributed by atoms with Gasteiger partial charge in [-0.15, -0.1) is 5.10 Å². The Bertz CT molecular complexity index is 316. The lowest BCUT2D eigenvalue weighted by atomic mass is 10.6. The van der Waals surface area contributed by atoms with Crippen LogP contribution >= 0.6 is 0 Å². The summed E-state index contributed by atoms with van der Waals surface area (Å²) < 4.78 is 25.7. The van der Waals surface area contributed by atoms with Gasteiger partial charge in [0, 0.05) is 14.1 Å². The van der Waals surface area contributed by atoms with Crippen molar-refractivity contribution in [2.45, 2.75) is 21.3 Å². The van der Waals surface area contributed by atoms with Gasteiger partial charge in [-0.3, -0.25) is 4.57 Å². The summed E-state index contributed by atoms with van der Waals surface area (Å²) in [7, 11) is 2.59. The summed E-state index contributed by atoms with van der Waals surface area (Å²) in [6, 6.07) is 0. The van der Waals surface area contributed by atoms with E-state index in [4.69, 9.17) is 0 Å². The monoisotopic (exact) mass is 195 g/mol. The van der Waals surface area contributed by atoms with E-state index in [1.807, 2.05) is 0 Å². The van der Waals surface area contributed by atoms with Crippen LogP contribution in [0.1, 0.15) is 27.1 Å². The molecule has 1 rings (SSSR count). The maximum absolute atomic E-state index is 12.0. The lowest BCUT2D eigenvalue weighted by Gasteiger charge is -1.93. The van der Waals surface area contributed by atoms with Gasteiger partial charge in [0.1, 0.15) is 0 Å². The molecule has 0 atom stereocenters. The van der Waals surface area contributed by atoms with E-state index in [0.717, 1.165) is 9.25 Å². The van der Waals surface area contributed by atoms with Crippen LogP contribution in [0.25, 0.3) is 0 Å². The van der Waals surface area contributed by atoms with Crippen LogP contribution in [0.15, 0.2) is 4.79 Å². The maximum Gasteiger partial charge on any atom is 0.345 e. The van der Waals surface area contributed by atoms with Gasteiger partial charge in [-0.25, -0.2) is 18.3 Å². The van der Waals surface area contributed by atoms with Crippen molar-refractivity contribution < 1.29 is 8.78 Å². The van der Waals surface area contributed by atoms with Gasteiger partial charge in [-0.05, 0) is 0 Å². The molecule has 1 aromatic rings. The second kappa shape index (κ2) is 4.74. The fourth-order valence-electron chi connectivity index (χ4n) is 0.769. The van der Waals surface area contributed by atoms with E-state index in [1.54, 1.807) is 0 Å². The van der Waals surface area contributed by atoms with Crippen molar-refractivity contribution in [1.29, 1.82) is 0 Å². The van der Waals surface area contributed by atoms with Crippen molar-refractivity contribution >= 4 is 0 Å². The van der Waals surface area contributed by atoms with Crippen molar-refractivity contribution in [2.75, 3.05) is 0 Å². The molecule has 78 valence electrons. The summed E-state index contributed by atoms with van der Waals surface area (Å²) in [4.78, 5) is 10.8. The number of alkyl halides is 2. The molecular formula is C7H15F2N3O. The van der Waals surface area contributed by atoms with Crippen molar-refractivity contribution in [2.24, 2.45) is 14.1 Å². The van der Waals surface area contributed by atoms with Crippen molar-refractivity contribution in [3.05, 3.63) is 16.3 Å². The van der Waals surface area contributed by atoms with E-state index >= 15 is 0 Å². The second-order valence-electron chi connectivity index (χ2n) is 2.12. The third-order valence-corrected chi connectivity index (χ3v) is 1.36. The maximum atomic E-state index is 12.0. The molecule has 0 saturated heterocycles. The third-order valence-electron chi connectivity index (χ3n) is 1.36. The molecular weight excluding hydrogens is 180 g/mol. The van der Waals surface area contributed by atoms with E-state index in [-0.39, 0.29) is 14.9 Å². The summed E-state index contributed by atoms with van der Waals surface area (Å²) in [5.74, 6) is -0.502. The summed E-state index contributed by atoms with van der Waals surface area (Å²) in [6.45, 7) is 0. The summed E-state index contributed by atoms with van der Waals surface area (Å²) >= 11 is 0. The Morgan fingerprint density at radius 1 is 1.31 bits per heavy atom. The Morgan fingerprint density at radius 2 is 1.77 bits per heavy atom. The number of hydrogen-bond acceptors (Lipinski definition) is 2. The van der Waals surface area contributed by atoms with E-state index in [2.05, 4.69) is 5.10 Å². The largest absolute Gasteiger partial charge is 0.345 e. The molecule has 0 spiro atoms. The number of hydrogen-bond donors (Lipinski definition) is 0. The van der Waals surface area contributed by atoms with Crippen molar-refractivity contribution in [3.63, 3.8) is 0 Å². The lowest BCUT2D eigenvalue weighted by Crippen LogP contribution is -2.20. The molecule has 0 aromatic carbocycles. The average Bonchev–Trinajstić information content (AvgIpc) is 2.17. The highest BCUT2D eigenvalue weighted by atomic mass is 19.3. The fourth-order valence-corrected chi connectivity index (χ4v) is 0.769. The zero-order valence-corrected chi connectivity index (χ0v) is 6.08. The lowest BCUT2D eigenvalue weighted by molar-refractivity contribution is 0.135. The van der Waals surface area contributed by atoms with Gasteiger partial charge >= 0.3 is 5.69 Å². The Hall–Kier alpha value is -1.20. The third kappa shape index (κ3) is 2.37. The molecule has 0 aliphatic rings. The normalized spacial score (nSPS) is 9.31. The first-order chi connectivity index (χ1) is 5.04. The Labute approximate surface area is 75.8 Å². The number of halogens is 2. The molecule has 6 heteroatoms. The topological polar surface area (TPSA) is 39.8 Å². The van der Waals surface area contributed by atoms with Crippen LogP contribution in [0.3, 0.4) is 0 Å². The molecule has 0 N–H and O–H groups in total. The second-order valence-corrected chi connectivity index (χ2v) is 2.12. The first kappa shape index (κ1) is 14.3. The molecule has 0 fully saturated rings. The van der Waals surface area contributed by atoms with Crippen LogP contribution < -0.4 is 5.69 Å². The van der Waals surface area contributed by atoms with Crippen LogP contribution in [-0.2, 0) is 14.1 Å². The van der Waals surface area contributed by atoms with Crippen LogP contribution in [-0.4, -0.2) is 14.3 Å². The molecule has 0 bridgehead atoms. The Kier molecular flexibility index (Phi) is 5.22. The molecule has 4 nitrogen and oxygen atoms in total. The highest BCUT2D eigenvalue weighted by Crippen LogP contribution is 2.12. The quantitative estimate of drug-likeness (QED) is 0.678. The highest BCUT2D eigenvalue weighted by Gasteiger charge is 2.16. The molecule has 0 amide bonds. The molecule has 0 aliphatic heterocycles. The fraction of sp³-hybridized carbons (Fsp3) is 0.714. The predicted molar refractivity (Wildman–Crippen MR) is 46.9 cm³/mol. The number of aromatic nitrogens is 3. The van der Waals surface area contributed by atoms with E-state index in [9.17, 15) is 13.6 Å². The number of nitrogens with zero attached hydrogens (tertiary/aromatic N) is 3. The minimum absolute atomic E-state index is 0. The number of rotatable bonds is 1. The number of aryl methyl sites for hydroxylation is 1. The van der Waals surface area contributed by atoms with Crippen molar-refractivity contribution in [1.82, 2.24) is 14.3 Å². The van der Waals surface area contributed by atoms with Gasteiger partial charge in [0.05, 0.1) is 0 Å². The summed E-state index contributed by atoms with van der Waals surface area (Å²) in [6.07, 6.45) is -2.70. The summed E-state index contributed by atoms with van der Waals surface area (Å²) in [5, 5.41) is 3.33. The van der Waals surface area contributed by atoms with Crippen LogP contribution in [0.2, 0.25) is 0 Å². The Balaban J connectivity index is 0. The molecule has 13 heavy (non-hydrogen) atoms. The van der Waals surface area contributed by atoms with E-state index < -0.39 is 17.9 Å². The van der Waals surface area contributed by atoms with Crippen LogP contribution in [0.4, 0.5) is 8.78 Å². The van der Waals surface area contributed by atoms with Crippen LogP contribution in [0.5, 0.6) is 0 Å². The molecule has 0 saturated carbocycles. The molecule has 0 aliphatic carbocycles. The first-order valence-electron chi connectivity index (χ1n) is 2.92. The average molecular weight is 195 g/mol. The van der Waals surface area contributed by atoms with E-state index in [1.165, 1.54) is 14.1 Å². The van der Waals surface area contributed by atoms with E-state index in [0.29, 0.717) is 0 Å².